The summed E-state index contributed by atoms with van der Waals surface area (Å²) in [5.41, 5.74) is 1.65. The summed E-state index contributed by atoms with van der Waals surface area (Å²) in [6.07, 6.45) is 3.30. The number of anilines is 1. The molecule has 0 spiro atoms. The Hall–Kier alpha value is -2.34. The van der Waals surface area contributed by atoms with E-state index in [1.165, 1.54) is 17.7 Å². The molecule has 0 aromatic heterocycles. The number of likely N-dealkylation sites (tertiary alicyclic amines) is 1. The van der Waals surface area contributed by atoms with E-state index in [2.05, 4.69) is 27.7 Å². The summed E-state index contributed by atoms with van der Waals surface area (Å²) in [6.45, 7) is 2.59. The maximum absolute atomic E-state index is 12.1. The van der Waals surface area contributed by atoms with E-state index < -0.39 is 5.91 Å². The van der Waals surface area contributed by atoms with E-state index in [1.807, 2.05) is 18.2 Å². The quantitative estimate of drug-likeness (QED) is 0.700. The molecule has 0 aliphatic carbocycles. The number of hydrogen-bond acceptors (Lipinski definition) is 3. The highest BCUT2D eigenvalue weighted by Gasteiger charge is 2.23. The van der Waals surface area contributed by atoms with E-state index in [0.29, 0.717) is 10.7 Å². The summed E-state index contributed by atoms with van der Waals surface area (Å²) in [4.78, 5) is 26.4. The molecule has 0 bridgehead atoms. The second kappa shape index (κ2) is 9.73. The molecule has 0 saturated carbocycles. The van der Waals surface area contributed by atoms with Gasteiger partial charge in [-0.05, 0) is 24.1 Å². The molecule has 2 aromatic rings. The molecule has 146 valence electrons. The van der Waals surface area contributed by atoms with Crippen molar-refractivity contribution >= 4 is 40.7 Å². The van der Waals surface area contributed by atoms with Crippen molar-refractivity contribution < 1.29 is 9.59 Å². The number of benzene rings is 2. The van der Waals surface area contributed by atoms with Gasteiger partial charge in [0.2, 0.25) is 11.8 Å². The van der Waals surface area contributed by atoms with Crippen molar-refractivity contribution in [3.05, 3.63) is 76.3 Å². The van der Waals surface area contributed by atoms with Gasteiger partial charge >= 0.3 is 0 Å². The predicted octanol–water partition coefficient (Wildman–Crippen LogP) is 3.88. The summed E-state index contributed by atoms with van der Waals surface area (Å²) >= 11 is 11.9. The van der Waals surface area contributed by atoms with Crippen LogP contribution in [0.4, 0.5) is 5.69 Å². The smallest absolute Gasteiger partial charge is 0.248 e. The predicted molar refractivity (Wildman–Crippen MR) is 112 cm³/mol. The number of nitrogens with zero attached hydrogens (tertiary/aromatic N) is 1. The van der Waals surface area contributed by atoms with Crippen molar-refractivity contribution in [3.63, 3.8) is 0 Å². The maximum atomic E-state index is 12.1. The minimum Gasteiger partial charge on any atom is -0.348 e. The second-order valence-corrected chi connectivity index (χ2v) is 7.42. The van der Waals surface area contributed by atoms with Crippen LogP contribution in [0.1, 0.15) is 12.0 Å². The van der Waals surface area contributed by atoms with Gasteiger partial charge < -0.3 is 10.6 Å². The van der Waals surface area contributed by atoms with Crippen LogP contribution in [0.2, 0.25) is 10.0 Å². The monoisotopic (exact) mass is 417 g/mol. The first-order valence-corrected chi connectivity index (χ1v) is 9.76. The number of amides is 2. The number of carbonyl (C=O) groups excluding carboxylic acids is 2. The van der Waals surface area contributed by atoms with Crippen molar-refractivity contribution in [2.75, 3.05) is 18.4 Å². The van der Waals surface area contributed by atoms with Crippen LogP contribution in [0.15, 0.2) is 60.7 Å². The lowest BCUT2D eigenvalue weighted by molar-refractivity contribution is -0.117. The van der Waals surface area contributed by atoms with E-state index in [9.17, 15) is 9.59 Å². The Bertz CT molecular complexity index is 871. The van der Waals surface area contributed by atoms with E-state index in [-0.39, 0.29) is 17.0 Å². The summed E-state index contributed by atoms with van der Waals surface area (Å²) in [7, 11) is 0. The van der Waals surface area contributed by atoms with Gasteiger partial charge in [-0.25, -0.2) is 0 Å². The molecule has 1 unspecified atom stereocenters. The van der Waals surface area contributed by atoms with Crippen LogP contribution in [0, 0.1) is 0 Å². The standard InChI is InChI=1S/C21H21Cl2N3O2/c22-17-7-4-8-18(21(17)23)25-20(28)10-9-19(27)24-16-11-12-26(14-16)13-15-5-2-1-3-6-15/h1-10,16H,11-14H2,(H,24,27)(H,25,28)/b10-9+. The Morgan fingerprint density at radius 3 is 2.57 bits per heavy atom. The van der Waals surface area contributed by atoms with Gasteiger partial charge in [-0.3, -0.25) is 14.5 Å². The first-order chi connectivity index (χ1) is 13.5. The molecule has 7 heteroatoms. The van der Waals surface area contributed by atoms with Crippen LogP contribution in [0.25, 0.3) is 0 Å². The molecule has 28 heavy (non-hydrogen) atoms. The second-order valence-electron chi connectivity index (χ2n) is 6.64. The molecule has 1 fully saturated rings. The van der Waals surface area contributed by atoms with Gasteiger partial charge in [-0.15, -0.1) is 0 Å². The largest absolute Gasteiger partial charge is 0.348 e. The molecule has 5 nitrogen and oxygen atoms in total. The molecule has 1 aliphatic heterocycles. The summed E-state index contributed by atoms with van der Waals surface area (Å²) in [5, 5.41) is 6.16. The Balaban J connectivity index is 1.45. The lowest BCUT2D eigenvalue weighted by Crippen LogP contribution is -2.36. The zero-order valence-corrected chi connectivity index (χ0v) is 16.7. The summed E-state index contributed by atoms with van der Waals surface area (Å²) < 4.78 is 0. The van der Waals surface area contributed by atoms with Crippen LogP contribution in [0.3, 0.4) is 0 Å². The molecule has 2 aromatic carbocycles. The van der Waals surface area contributed by atoms with E-state index >= 15 is 0 Å². The summed E-state index contributed by atoms with van der Waals surface area (Å²) in [5.74, 6) is -0.740. The molecule has 2 N–H and O–H groups in total. The van der Waals surface area contributed by atoms with Crippen molar-refractivity contribution in [2.45, 2.75) is 19.0 Å². The van der Waals surface area contributed by atoms with Gasteiger partial charge in [0.1, 0.15) is 0 Å². The molecule has 1 atom stereocenters. The zero-order valence-electron chi connectivity index (χ0n) is 15.2. The molecule has 2 amide bonds. The topological polar surface area (TPSA) is 61.4 Å². The number of halogens is 2. The Kier molecular flexibility index (Phi) is 7.09. The molecular weight excluding hydrogens is 397 g/mol. The average molecular weight is 418 g/mol. The van der Waals surface area contributed by atoms with E-state index in [0.717, 1.165) is 26.1 Å². The number of rotatable bonds is 6. The first-order valence-electron chi connectivity index (χ1n) is 9.01. The van der Waals surface area contributed by atoms with Gasteiger partial charge in [0.05, 0.1) is 15.7 Å². The molecule has 3 rings (SSSR count). The first kappa shape index (κ1) is 20.4. The molecule has 1 aliphatic rings. The van der Waals surface area contributed by atoms with Gasteiger partial charge in [0.25, 0.3) is 0 Å². The lowest BCUT2D eigenvalue weighted by Gasteiger charge is -2.16. The number of hydrogen-bond donors (Lipinski definition) is 2. The summed E-state index contributed by atoms with van der Waals surface area (Å²) in [6, 6.07) is 15.3. The fraction of sp³-hybridized carbons (Fsp3) is 0.238. The van der Waals surface area contributed by atoms with E-state index in [4.69, 9.17) is 23.2 Å². The van der Waals surface area contributed by atoms with Crippen molar-refractivity contribution in [1.82, 2.24) is 10.2 Å². The minimum absolute atomic E-state index is 0.0753. The van der Waals surface area contributed by atoms with Gasteiger partial charge in [-0.2, -0.15) is 0 Å². The van der Waals surface area contributed by atoms with Crippen LogP contribution < -0.4 is 10.6 Å². The molecular formula is C21H21Cl2N3O2. The molecule has 1 heterocycles. The minimum atomic E-state index is -0.448. The highest BCUT2D eigenvalue weighted by Crippen LogP contribution is 2.29. The van der Waals surface area contributed by atoms with Crippen LogP contribution in [-0.4, -0.2) is 35.8 Å². The van der Waals surface area contributed by atoms with E-state index in [1.54, 1.807) is 18.2 Å². The number of carbonyl (C=O) groups is 2. The third-order valence-electron chi connectivity index (χ3n) is 4.46. The van der Waals surface area contributed by atoms with Crippen molar-refractivity contribution in [2.24, 2.45) is 0 Å². The normalized spacial score (nSPS) is 17.0. The van der Waals surface area contributed by atoms with Gasteiger partial charge in [0, 0.05) is 37.8 Å². The number of nitrogens with one attached hydrogen (secondary N) is 2. The SMILES string of the molecule is O=C(/C=C/C(=O)NC1CCN(Cc2ccccc2)C1)Nc1cccc(Cl)c1Cl. The van der Waals surface area contributed by atoms with Crippen LogP contribution >= 0.6 is 23.2 Å². The fourth-order valence-electron chi connectivity index (χ4n) is 3.11. The Morgan fingerprint density at radius 1 is 1.04 bits per heavy atom. The lowest BCUT2D eigenvalue weighted by atomic mass is 10.2. The van der Waals surface area contributed by atoms with Crippen molar-refractivity contribution in [1.29, 1.82) is 0 Å². The van der Waals surface area contributed by atoms with Crippen LogP contribution in [0.5, 0.6) is 0 Å². The van der Waals surface area contributed by atoms with Gasteiger partial charge in [-0.1, -0.05) is 59.6 Å². The zero-order chi connectivity index (χ0) is 19.9. The van der Waals surface area contributed by atoms with Gasteiger partial charge in [0.15, 0.2) is 0 Å². The van der Waals surface area contributed by atoms with Crippen molar-refractivity contribution in [3.8, 4) is 0 Å². The Labute approximate surface area is 174 Å². The third-order valence-corrected chi connectivity index (χ3v) is 5.28. The fourth-order valence-corrected chi connectivity index (χ4v) is 3.46. The maximum Gasteiger partial charge on any atom is 0.248 e. The highest BCUT2D eigenvalue weighted by atomic mass is 35.5. The molecule has 0 radical (unpaired) electrons. The molecule has 1 saturated heterocycles. The Morgan fingerprint density at radius 2 is 1.79 bits per heavy atom. The van der Waals surface area contributed by atoms with Crippen LogP contribution in [-0.2, 0) is 16.1 Å². The highest BCUT2D eigenvalue weighted by molar-refractivity contribution is 6.44. The third kappa shape index (κ3) is 5.83. The average Bonchev–Trinajstić information content (AvgIpc) is 3.11.